The highest BCUT2D eigenvalue weighted by Gasteiger charge is 2.29. The Morgan fingerprint density at radius 3 is 2.26 bits per heavy atom. The van der Waals surface area contributed by atoms with Crippen molar-refractivity contribution >= 4 is 6.09 Å². The molecule has 6 nitrogen and oxygen atoms in total. The molecule has 2 atom stereocenters. The molecule has 3 aromatic rings. The van der Waals surface area contributed by atoms with Gasteiger partial charge in [0.2, 0.25) is 5.82 Å². The minimum atomic E-state index is -1.49. The molecule has 0 saturated carbocycles. The molecule has 34 heavy (non-hydrogen) atoms. The standard InChI is InChI=1S/C26H25F2NO5/c1-33-23-13-15(12-21(27)24(23)28)25(31)22(30)10-11-29-26(32)34-14-20-18-8-4-2-6-16(18)17-7-3-5-9-19(17)20/h2-9,12-13,20,22,25,30-31H,10-11,14H2,1H3,(H,29,32). The number of alkyl carbamates (subject to hydrolysis) is 1. The van der Waals surface area contributed by atoms with Gasteiger partial charge < -0.3 is 25.0 Å². The van der Waals surface area contributed by atoms with E-state index in [1.807, 2.05) is 48.5 Å². The Morgan fingerprint density at radius 2 is 1.65 bits per heavy atom. The molecule has 3 aromatic carbocycles. The SMILES string of the molecule is COc1cc(C(O)C(O)CCNC(=O)OCC2c3ccccc3-c3ccccc32)cc(F)c1F. The second-order valence-electron chi connectivity index (χ2n) is 8.07. The minimum absolute atomic E-state index is 0.00964. The number of aliphatic hydroxyl groups excluding tert-OH is 2. The lowest BCUT2D eigenvalue weighted by Crippen LogP contribution is -2.30. The molecule has 0 bridgehead atoms. The summed E-state index contributed by atoms with van der Waals surface area (Å²) in [5, 5.41) is 23.1. The predicted octanol–water partition coefficient (Wildman–Crippen LogP) is 4.30. The molecule has 178 valence electrons. The van der Waals surface area contributed by atoms with Gasteiger partial charge in [0, 0.05) is 12.5 Å². The van der Waals surface area contributed by atoms with Crippen molar-refractivity contribution < 1.29 is 33.3 Å². The number of halogens is 2. The molecule has 4 rings (SSSR count). The number of nitrogens with one attached hydrogen (secondary N) is 1. The van der Waals surface area contributed by atoms with E-state index in [-0.39, 0.29) is 36.8 Å². The number of amides is 1. The number of fused-ring (bicyclic) bond motifs is 3. The molecule has 0 spiro atoms. The van der Waals surface area contributed by atoms with Crippen molar-refractivity contribution in [2.75, 3.05) is 20.3 Å². The normalized spacial score (nSPS) is 14.1. The van der Waals surface area contributed by atoms with E-state index in [0.29, 0.717) is 0 Å². The summed E-state index contributed by atoms with van der Waals surface area (Å²) in [6, 6.07) is 17.9. The van der Waals surface area contributed by atoms with E-state index in [2.05, 4.69) is 5.32 Å². The molecule has 0 aromatic heterocycles. The van der Waals surface area contributed by atoms with Gasteiger partial charge >= 0.3 is 6.09 Å². The molecule has 1 amide bonds. The average Bonchev–Trinajstić information content (AvgIpc) is 3.17. The van der Waals surface area contributed by atoms with Crippen LogP contribution in [0.15, 0.2) is 60.7 Å². The Hall–Kier alpha value is -3.49. The number of benzene rings is 3. The summed E-state index contributed by atoms with van der Waals surface area (Å²) in [6.45, 7) is 0.162. The van der Waals surface area contributed by atoms with Crippen LogP contribution in [-0.4, -0.2) is 42.7 Å². The maximum Gasteiger partial charge on any atom is 0.407 e. The van der Waals surface area contributed by atoms with Gasteiger partial charge in [-0.25, -0.2) is 9.18 Å². The Morgan fingerprint density at radius 1 is 1.03 bits per heavy atom. The Bertz CT molecular complexity index is 1140. The molecule has 1 aliphatic rings. The summed E-state index contributed by atoms with van der Waals surface area (Å²) in [7, 11) is 1.17. The maximum atomic E-state index is 13.7. The van der Waals surface area contributed by atoms with Gasteiger partial charge in [-0.2, -0.15) is 4.39 Å². The van der Waals surface area contributed by atoms with Gasteiger partial charge in [0.05, 0.1) is 13.2 Å². The fourth-order valence-electron chi connectivity index (χ4n) is 4.25. The number of methoxy groups -OCH3 is 1. The van der Waals surface area contributed by atoms with Crippen LogP contribution in [0.25, 0.3) is 11.1 Å². The molecule has 0 radical (unpaired) electrons. The largest absolute Gasteiger partial charge is 0.494 e. The first-order valence-electron chi connectivity index (χ1n) is 10.9. The van der Waals surface area contributed by atoms with Crippen molar-refractivity contribution in [1.82, 2.24) is 5.32 Å². The van der Waals surface area contributed by atoms with Crippen LogP contribution >= 0.6 is 0 Å². The molecule has 1 aliphatic carbocycles. The predicted molar refractivity (Wildman–Crippen MR) is 122 cm³/mol. The molecule has 0 heterocycles. The van der Waals surface area contributed by atoms with Gasteiger partial charge in [-0.05, 0) is 46.4 Å². The smallest absolute Gasteiger partial charge is 0.407 e. The maximum absolute atomic E-state index is 13.7. The van der Waals surface area contributed by atoms with Crippen LogP contribution in [-0.2, 0) is 4.74 Å². The lowest BCUT2D eigenvalue weighted by atomic mass is 9.98. The zero-order valence-corrected chi connectivity index (χ0v) is 18.5. The summed E-state index contributed by atoms with van der Waals surface area (Å²) in [4.78, 5) is 12.2. The van der Waals surface area contributed by atoms with Crippen molar-refractivity contribution in [3.8, 4) is 16.9 Å². The van der Waals surface area contributed by atoms with Crippen molar-refractivity contribution in [2.24, 2.45) is 0 Å². The van der Waals surface area contributed by atoms with Crippen LogP contribution in [0.5, 0.6) is 5.75 Å². The highest BCUT2D eigenvalue weighted by Crippen LogP contribution is 2.44. The topological polar surface area (TPSA) is 88.0 Å². The van der Waals surface area contributed by atoms with Crippen molar-refractivity contribution in [3.63, 3.8) is 0 Å². The van der Waals surface area contributed by atoms with Gasteiger partial charge in [-0.3, -0.25) is 0 Å². The third-order valence-corrected chi connectivity index (χ3v) is 6.00. The van der Waals surface area contributed by atoms with Crippen molar-refractivity contribution in [2.45, 2.75) is 24.5 Å². The molecule has 8 heteroatoms. The summed E-state index contributed by atoms with van der Waals surface area (Å²) in [5.74, 6) is -2.82. The molecule has 0 saturated heterocycles. The first kappa shape index (κ1) is 23.7. The van der Waals surface area contributed by atoms with E-state index in [9.17, 15) is 23.8 Å². The van der Waals surface area contributed by atoms with Gasteiger partial charge in [0.25, 0.3) is 0 Å². The van der Waals surface area contributed by atoms with Crippen molar-refractivity contribution in [1.29, 1.82) is 0 Å². The van der Waals surface area contributed by atoms with Crippen LogP contribution in [0.1, 0.15) is 35.1 Å². The highest BCUT2D eigenvalue weighted by molar-refractivity contribution is 5.79. The van der Waals surface area contributed by atoms with E-state index >= 15 is 0 Å². The van der Waals surface area contributed by atoms with Crippen LogP contribution in [0, 0.1) is 11.6 Å². The lowest BCUT2D eigenvalue weighted by molar-refractivity contribution is 0.0133. The Balaban J connectivity index is 1.29. The minimum Gasteiger partial charge on any atom is -0.494 e. The number of ether oxygens (including phenoxy) is 2. The fraction of sp³-hybridized carbons (Fsp3) is 0.269. The summed E-state index contributed by atoms with van der Waals surface area (Å²) in [5.41, 5.74) is 4.40. The Kier molecular flexibility index (Phi) is 7.09. The second-order valence-corrected chi connectivity index (χ2v) is 8.07. The summed E-state index contributed by atoms with van der Waals surface area (Å²) < 4.78 is 37.4. The first-order valence-corrected chi connectivity index (χ1v) is 10.9. The lowest BCUT2D eigenvalue weighted by Gasteiger charge is -2.19. The number of hydrogen-bond acceptors (Lipinski definition) is 5. The molecule has 2 unspecified atom stereocenters. The first-order chi connectivity index (χ1) is 16.4. The highest BCUT2D eigenvalue weighted by atomic mass is 19.2. The number of carbonyl (C=O) groups is 1. The molecule has 0 fully saturated rings. The van der Waals surface area contributed by atoms with Crippen LogP contribution < -0.4 is 10.1 Å². The van der Waals surface area contributed by atoms with Crippen LogP contribution in [0.2, 0.25) is 0 Å². The second kappa shape index (κ2) is 10.2. The van der Waals surface area contributed by atoms with Crippen LogP contribution in [0.3, 0.4) is 0 Å². The number of hydrogen-bond donors (Lipinski definition) is 3. The molecular formula is C26H25F2NO5. The van der Waals surface area contributed by atoms with E-state index in [1.54, 1.807) is 0 Å². The Labute approximate surface area is 195 Å². The fourth-order valence-corrected chi connectivity index (χ4v) is 4.25. The monoisotopic (exact) mass is 469 g/mol. The number of rotatable bonds is 8. The van der Waals surface area contributed by atoms with Crippen molar-refractivity contribution in [3.05, 3.63) is 89.0 Å². The third kappa shape index (κ3) is 4.73. The quantitative estimate of drug-likeness (QED) is 0.458. The van der Waals surface area contributed by atoms with Gasteiger partial charge in [0.1, 0.15) is 12.7 Å². The van der Waals surface area contributed by atoms with E-state index in [0.717, 1.165) is 34.4 Å². The van der Waals surface area contributed by atoms with Gasteiger partial charge in [0.15, 0.2) is 11.6 Å². The van der Waals surface area contributed by atoms with Gasteiger partial charge in [-0.15, -0.1) is 0 Å². The average molecular weight is 469 g/mol. The zero-order valence-electron chi connectivity index (χ0n) is 18.5. The summed E-state index contributed by atoms with van der Waals surface area (Å²) >= 11 is 0. The van der Waals surface area contributed by atoms with E-state index in [1.165, 1.54) is 7.11 Å². The molecule has 3 N–H and O–H groups in total. The third-order valence-electron chi connectivity index (χ3n) is 6.00. The van der Waals surface area contributed by atoms with E-state index < -0.39 is 29.9 Å². The molecule has 0 aliphatic heterocycles. The number of aliphatic hydroxyl groups is 2. The summed E-state index contributed by atoms with van der Waals surface area (Å²) in [6.07, 6.45) is -3.51. The zero-order chi connectivity index (χ0) is 24.2. The van der Waals surface area contributed by atoms with Crippen LogP contribution in [0.4, 0.5) is 13.6 Å². The number of carbonyl (C=O) groups excluding carboxylic acids is 1. The molecular weight excluding hydrogens is 444 g/mol. The van der Waals surface area contributed by atoms with Gasteiger partial charge in [-0.1, -0.05) is 48.5 Å². The van der Waals surface area contributed by atoms with E-state index in [4.69, 9.17) is 9.47 Å².